The second kappa shape index (κ2) is 7.49. The Labute approximate surface area is 117 Å². The monoisotopic (exact) mass is 281 g/mol. The topological polar surface area (TPSA) is 95.9 Å². The third-order valence-electron chi connectivity index (χ3n) is 2.84. The zero-order valence-electron chi connectivity index (χ0n) is 11.5. The van der Waals surface area contributed by atoms with Gasteiger partial charge in [-0.3, -0.25) is 4.79 Å². The zero-order chi connectivity index (χ0) is 15.1. The molecule has 0 saturated heterocycles. The Hall–Kier alpha value is -2.08. The van der Waals surface area contributed by atoms with E-state index < -0.39 is 17.9 Å². The fraction of sp³-hybridized carbons (Fsp3) is 0.429. The van der Waals surface area contributed by atoms with Crippen molar-refractivity contribution in [2.75, 3.05) is 13.7 Å². The fourth-order valence-corrected chi connectivity index (χ4v) is 1.85. The largest absolute Gasteiger partial charge is 0.496 e. The first kappa shape index (κ1) is 16.0. The second-order valence-corrected chi connectivity index (χ2v) is 4.46. The molecule has 1 unspecified atom stereocenters. The molecule has 0 fully saturated rings. The lowest BCUT2D eigenvalue weighted by molar-refractivity contribution is -0.142. The summed E-state index contributed by atoms with van der Waals surface area (Å²) in [7, 11) is 1.51. The van der Waals surface area contributed by atoms with Crippen molar-refractivity contribution in [3.05, 3.63) is 29.3 Å². The molecule has 1 aromatic carbocycles. The van der Waals surface area contributed by atoms with Crippen molar-refractivity contribution in [1.29, 1.82) is 0 Å². The summed E-state index contributed by atoms with van der Waals surface area (Å²) in [6.45, 7) is 1.59. The van der Waals surface area contributed by atoms with E-state index >= 15 is 0 Å². The first-order valence-electron chi connectivity index (χ1n) is 6.24. The molecule has 0 heterocycles. The van der Waals surface area contributed by atoms with Crippen LogP contribution in [0.25, 0.3) is 0 Å². The van der Waals surface area contributed by atoms with Crippen molar-refractivity contribution in [3.63, 3.8) is 0 Å². The molecule has 0 radical (unpaired) electrons. The summed E-state index contributed by atoms with van der Waals surface area (Å²) < 4.78 is 5.16. The number of aliphatic hydroxyl groups excluding tert-OH is 1. The molecule has 110 valence electrons. The average Bonchev–Trinajstić information content (AvgIpc) is 2.38. The molecule has 20 heavy (non-hydrogen) atoms. The highest BCUT2D eigenvalue weighted by molar-refractivity contribution is 5.85. The summed E-state index contributed by atoms with van der Waals surface area (Å²) >= 11 is 0. The number of hydrogen-bond donors (Lipinski definition) is 3. The maximum absolute atomic E-state index is 11.9. The van der Waals surface area contributed by atoms with Gasteiger partial charge in [-0.05, 0) is 13.0 Å². The fourth-order valence-electron chi connectivity index (χ4n) is 1.85. The van der Waals surface area contributed by atoms with Gasteiger partial charge in [-0.25, -0.2) is 4.79 Å². The number of carboxylic acids is 1. The molecule has 0 aliphatic heterocycles. The van der Waals surface area contributed by atoms with Crippen LogP contribution < -0.4 is 10.1 Å². The van der Waals surface area contributed by atoms with Crippen LogP contribution in [0.2, 0.25) is 0 Å². The molecule has 1 atom stereocenters. The summed E-state index contributed by atoms with van der Waals surface area (Å²) in [5.74, 6) is -1.00. The van der Waals surface area contributed by atoms with Crippen LogP contribution in [0, 0.1) is 6.92 Å². The molecule has 0 aromatic heterocycles. The smallest absolute Gasteiger partial charge is 0.326 e. The lowest BCUT2D eigenvalue weighted by atomic mass is 10.1. The number of ether oxygens (including phenoxy) is 1. The van der Waals surface area contributed by atoms with E-state index in [0.717, 1.165) is 5.56 Å². The van der Waals surface area contributed by atoms with Gasteiger partial charge in [-0.1, -0.05) is 17.7 Å². The predicted octanol–water partition coefficient (Wildman–Crippen LogP) is 0.498. The van der Waals surface area contributed by atoms with Gasteiger partial charge in [0.15, 0.2) is 0 Å². The van der Waals surface area contributed by atoms with E-state index in [4.69, 9.17) is 14.9 Å². The van der Waals surface area contributed by atoms with Crippen molar-refractivity contribution < 1.29 is 24.5 Å². The Kier molecular flexibility index (Phi) is 5.99. The Bertz CT molecular complexity index is 486. The van der Waals surface area contributed by atoms with Crippen molar-refractivity contribution in [3.8, 4) is 5.75 Å². The van der Waals surface area contributed by atoms with E-state index in [9.17, 15) is 9.59 Å². The Balaban J connectivity index is 2.75. The van der Waals surface area contributed by atoms with Gasteiger partial charge in [0.05, 0.1) is 13.5 Å². The van der Waals surface area contributed by atoms with Crippen molar-refractivity contribution >= 4 is 11.9 Å². The normalized spacial score (nSPS) is 11.8. The van der Waals surface area contributed by atoms with Crippen LogP contribution >= 0.6 is 0 Å². The van der Waals surface area contributed by atoms with Crippen LogP contribution in [-0.4, -0.2) is 41.8 Å². The molecular formula is C14H19NO5. The van der Waals surface area contributed by atoms with Crippen molar-refractivity contribution in [1.82, 2.24) is 5.32 Å². The maximum atomic E-state index is 11.9. The zero-order valence-corrected chi connectivity index (χ0v) is 11.5. The first-order valence-corrected chi connectivity index (χ1v) is 6.24. The lowest BCUT2D eigenvalue weighted by Crippen LogP contribution is -2.42. The number of carbonyl (C=O) groups excluding carboxylic acids is 1. The SMILES string of the molecule is COc1ccc(C)cc1CC(=O)NC(CCO)C(=O)O. The highest BCUT2D eigenvalue weighted by atomic mass is 16.5. The van der Waals surface area contributed by atoms with E-state index in [0.29, 0.717) is 11.3 Å². The molecule has 0 spiro atoms. The number of methoxy groups -OCH3 is 1. The molecule has 0 aliphatic rings. The quantitative estimate of drug-likeness (QED) is 0.676. The number of carbonyl (C=O) groups is 2. The average molecular weight is 281 g/mol. The van der Waals surface area contributed by atoms with E-state index in [-0.39, 0.29) is 19.4 Å². The third-order valence-corrected chi connectivity index (χ3v) is 2.84. The number of rotatable bonds is 7. The number of hydrogen-bond acceptors (Lipinski definition) is 4. The summed E-state index contributed by atoms with van der Waals surface area (Å²) in [6, 6.07) is 4.37. The van der Waals surface area contributed by atoms with Gasteiger partial charge < -0.3 is 20.3 Å². The van der Waals surface area contributed by atoms with Gasteiger partial charge in [-0.2, -0.15) is 0 Å². The number of aliphatic hydroxyl groups is 1. The minimum Gasteiger partial charge on any atom is -0.496 e. The standard InChI is InChI=1S/C14H19NO5/c1-9-3-4-12(20-2)10(7-9)8-13(17)15-11(5-6-16)14(18)19/h3-4,7,11,16H,5-6,8H2,1-2H3,(H,15,17)(H,18,19). The highest BCUT2D eigenvalue weighted by Crippen LogP contribution is 2.20. The van der Waals surface area contributed by atoms with Crippen LogP contribution in [0.1, 0.15) is 17.5 Å². The minimum atomic E-state index is -1.16. The van der Waals surface area contributed by atoms with Crippen molar-refractivity contribution in [2.45, 2.75) is 25.8 Å². The molecule has 1 amide bonds. The number of benzene rings is 1. The van der Waals surface area contributed by atoms with Gasteiger partial charge in [0.2, 0.25) is 5.91 Å². The van der Waals surface area contributed by atoms with E-state index in [1.54, 1.807) is 6.07 Å². The van der Waals surface area contributed by atoms with Gasteiger partial charge in [0, 0.05) is 18.6 Å². The molecule has 0 saturated carbocycles. The molecule has 1 aromatic rings. The molecular weight excluding hydrogens is 262 g/mol. The van der Waals surface area contributed by atoms with Crippen molar-refractivity contribution in [2.24, 2.45) is 0 Å². The molecule has 6 nitrogen and oxygen atoms in total. The third kappa shape index (κ3) is 4.55. The second-order valence-electron chi connectivity index (χ2n) is 4.46. The van der Waals surface area contributed by atoms with Gasteiger partial charge in [-0.15, -0.1) is 0 Å². The Morgan fingerprint density at radius 1 is 1.40 bits per heavy atom. The Morgan fingerprint density at radius 2 is 2.10 bits per heavy atom. The molecule has 6 heteroatoms. The van der Waals surface area contributed by atoms with Crippen LogP contribution in [0.15, 0.2) is 18.2 Å². The van der Waals surface area contributed by atoms with Crippen LogP contribution in [0.3, 0.4) is 0 Å². The van der Waals surface area contributed by atoms with Crippen LogP contribution in [0.5, 0.6) is 5.75 Å². The highest BCUT2D eigenvalue weighted by Gasteiger charge is 2.20. The lowest BCUT2D eigenvalue weighted by Gasteiger charge is -2.14. The van der Waals surface area contributed by atoms with Gasteiger partial charge >= 0.3 is 5.97 Å². The Morgan fingerprint density at radius 3 is 2.65 bits per heavy atom. The summed E-state index contributed by atoms with van der Waals surface area (Å²) in [6.07, 6.45) is 0.00604. The first-order chi connectivity index (χ1) is 9.47. The van der Waals surface area contributed by atoms with E-state index in [1.807, 2.05) is 19.1 Å². The summed E-state index contributed by atoms with van der Waals surface area (Å²) in [5.41, 5.74) is 1.68. The molecule has 0 aliphatic carbocycles. The van der Waals surface area contributed by atoms with Gasteiger partial charge in [0.25, 0.3) is 0 Å². The van der Waals surface area contributed by atoms with Gasteiger partial charge in [0.1, 0.15) is 11.8 Å². The molecule has 0 bridgehead atoms. The van der Waals surface area contributed by atoms with E-state index in [1.165, 1.54) is 7.11 Å². The number of carboxylic acid groups (broad SMARTS) is 1. The number of nitrogens with one attached hydrogen (secondary N) is 1. The molecule has 3 N–H and O–H groups in total. The van der Waals surface area contributed by atoms with Crippen LogP contribution in [-0.2, 0) is 16.0 Å². The minimum absolute atomic E-state index is 0.0218. The number of aryl methyl sites for hydroxylation is 1. The van der Waals surface area contributed by atoms with E-state index in [2.05, 4.69) is 5.32 Å². The maximum Gasteiger partial charge on any atom is 0.326 e. The molecule has 1 rings (SSSR count). The summed E-state index contributed by atoms with van der Waals surface area (Å²) in [5, 5.41) is 20.1. The number of amides is 1. The summed E-state index contributed by atoms with van der Waals surface area (Å²) in [4.78, 5) is 22.8. The van der Waals surface area contributed by atoms with Crippen LogP contribution in [0.4, 0.5) is 0 Å². The number of aliphatic carboxylic acids is 1. The predicted molar refractivity (Wildman–Crippen MR) is 72.7 cm³/mol.